The van der Waals surface area contributed by atoms with Crippen molar-refractivity contribution < 1.29 is 4.79 Å². The van der Waals surface area contributed by atoms with Crippen molar-refractivity contribution in [3.05, 3.63) is 35.4 Å². The lowest BCUT2D eigenvalue weighted by Crippen LogP contribution is -2.33. The Morgan fingerprint density at radius 2 is 1.89 bits per heavy atom. The molecule has 3 nitrogen and oxygen atoms in total. The third-order valence-corrected chi connectivity index (χ3v) is 3.19. The van der Waals surface area contributed by atoms with Crippen molar-refractivity contribution in [2.45, 2.75) is 52.1 Å². The van der Waals surface area contributed by atoms with Gasteiger partial charge in [-0.15, -0.1) is 0 Å². The van der Waals surface area contributed by atoms with Crippen molar-refractivity contribution in [2.75, 3.05) is 0 Å². The first-order valence-electron chi connectivity index (χ1n) is 6.70. The molecule has 0 fully saturated rings. The highest BCUT2D eigenvalue weighted by Gasteiger charge is 2.13. The summed E-state index contributed by atoms with van der Waals surface area (Å²) < 4.78 is 0. The molecule has 0 aliphatic carbocycles. The number of primary amides is 1. The van der Waals surface area contributed by atoms with Gasteiger partial charge in [-0.25, -0.2) is 0 Å². The number of nitrogens with one attached hydrogen (secondary N) is 1. The highest BCUT2D eigenvalue weighted by molar-refractivity contribution is 5.74. The maximum Gasteiger partial charge on any atom is 0.218 e. The second-order valence-electron chi connectivity index (χ2n) is 4.79. The van der Waals surface area contributed by atoms with Crippen LogP contribution in [0.25, 0.3) is 0 Å². The zero-order chi connectivity index (χ0) is 13.5. The van der Waals surface area contributed by atoms with Crippen molar-refractivity contribution in [3.8, 4) is 0 Å². The molecule has 3 N–H and O–H groups in total. The van der Waals surface area contributed by atoms with Crippen molar-refractivity contribution in [1.82, 2.24) is 5.32 Å². The highest BCUT2D eigenvalue weighted by atomic mass is 16.1. The van der Waals surface area contributed by atoms with Gasteiger partial charge in [-0.3, -0.25) is 4.79 Å². The number of aryl methyl sites for hydroxylation is 1. The molecule has 3 heteroatoms. The third kappa shape index (κ3) is 4.49. The van der Waals surface area contributed by atoms with E-state index in [2.05, 4.69) is 43.4 Å². The van der Waals surface area contributed by atoms with E-state index in [1.807, 2.05) is 6.92 Å². The van der Waals surface area contributed by atoms with E-state index in [4.69, 9.17) is 5.73 Å². The molecule has 1 amide bonds. The van der Waals surface area contributed by atoms with E-state index in [1.54, 1.807) is 0 Å². The zero-order valence-electron chi connectivity index (χ0n) is 11.6. The van der Waals surface area contributed by atoms with Gasteiger partial charge in [0.25, 0.3) is 0 Å². The van der Waals surface area contributed by atoms with E-state index in [0.717, 1.165) is 12.8 Å². The molecule has 0 aliphatic rings. The van der Waals surface area contributed by atoms with Crippen LogP contribution in [0.1, 0.15) is 50.8 Å². The zero-order valence-corrected chi connectivity index (χ0v) is 11.6. The first-order valence-corrected chi connectivity index (χ1v) is 6.70. The van der Waals surface area contributed by atoms with Crippen LogP contribution in [0.2, 0.25) is 0 Å². The summed E-state index contributed by atoms with van der Waals surface area (Å²) in [4.78, 5) is 10.9. The van der Waals surface area contributed by atoms with Gasteiger partial charge in [-0.1, -0.05) is 38.1 Å². The summed E-state index contributed by atoms with van der Waals surface area (Å²) in [5.41, 5.74) is 7.82. The quantitative estimate of drug-likeness (QED) is 0.779. The van der Waals surface area contributed by atoms with Crippen molar-refractivity contribution in [1.29, 1.82) is 0 Å². The molecule has 1 aromatic carbocycles. The minimum atomic E-state index is -0.258. The Balaban J connectivity index is 2.66. The molecule has 1 rings (SSSR count). The van der Waals surface area contributed by atoms with Crippen LogP contribution in [-0.4, -0.2) is 11.9 Å². The van der Waals surface area contributed by atoms with Crippen LogP contribution < -0.4 is 11.1 Å². The number of carbonyl (C=O) groups is 1. The van der Waals surface area contributed by atoms with Gasteiger partial charge in [0.15, 0.2) is 0 Å². The second-order valence-corrected chi connectivity index (χ2v) is 4.79. The van der Waals surface area contributed by atoms with Crippen LogP contribution in [0.3, 0.4) is 0 Å². The largest absolute Gasteiger partial charge is 0.370 e. The van der Waals surface area contributed by atoms with E-state index >= 15 is 0 Å². The molecule has 0 saturated heterocycles. The number of hydrogen-bond acceptors (Lipinski definition) is 2. The maximum atomic E-state index is 10.9. The number of carbonyl (C=O) groups excluding carboxylic acids is 1. The molecule has 2 atom stereocenters. The number of benzene rings is 1. The van der Waals surface area contributed by atoms with Crippen LogP contribution in [0.4, 0.5) is 0 Å². The van der Waals surface area contributed by atoms with E-state index < -0.39 is 0 Å². The van der Waals surface area contributed by atoms with Crippen molar-refractivity contribution >= 4 is 5.91 Å². The first kappa shape index (κ1) is 14.7. The molecule has 2 unspecified atom stereocenters. The molecule has 0 bridgehead atoms. The SMILES string of the molecule is CCc1ccc(C(CC)NC(C)CC(N)=O)cc1. The monoisotopic (exact) mass is 248 g/mol. The Kier molecular flexibility index (Phi) is 5.86. The summed E-state index contributed by atoms with van der Waals surface area (Å²) in [6, 6.07) is 9.05. The fraction of sp³-hybridized carbons (Fsp3) is 0.533. The lowest BCUT2D eigenvalue weighted by atomic mass is 10.0. The second kappa shape index (κ2) is 7.17. The van der Waals surface area contributed by atoms with Gasteiger partial charge in [0.05, 0.1) is 0 Å². The predicted molar refractivity (Wildman–Crippen MR) is 75.3 cm³/mol. The van der Waals surface area contributed by atoms with Crippen LogP contribution in [0.15, 0.2) is 24.3 Å². The molecule has 100 valence electrons. The Bertz CT molecular complexity index is 373. The molecule has 0 heterocycles. The summed E-state index contributed by atoms with van der Waals surface area (Å²) in [6.45, 7) is 6.29. The lowest BCUT2D eigenvalue weighted by molar-refractivity contribution is -0.118. The fourth-order valence-electron chi connectivity index (χ4n) is 2.14. The third-order valence-electron chi connectivity index (χ3n) is 3.19. The van der Waals surface area contributed by atoms with Crippen molar-refractivity contribution in [2.24, 2.45) is 5.73 Å². The molecule has 0 radical (unpaired) electrons. The Labute approximate surface area is 110 Å². The van der Waals surface area contributed by atoms with Gasteiger partial charge in [0.1, 0.15) is 0 Å². The van der Waals surface area contributed by atoms with Crippen molar-refractivity contribution in [3.63, 3.8) is 0 Å². The molecule has 0 saturated carbocycles. The average molecular weight is 248 g/mol. The van der Waals surface area contributed by atoms with Crippen LogP contribution in [-0.2, 0) is 11.2 Å². The fourth-order valence-corrected chi connectivity index (χ4v) is 2.14. The molecule has 0 aromatic heterocycles. The number of hydrogen-bond donors (Lipinski definition) is 2. The van der Waals surface area contributed by atoms with Gasteiger partial charge < -0.3 is 11.1 Å². The van der Waals surface area contributed by atoms with E-state index in [0.29, 0.717) is 6.42 Å². The Hall–Kier alpha value is -1.35. The van der Waals surface area contributed by atoms with Crippen LogP contribution in [0.5, 0.6) is 0 Å². The van der Waals surface area contributed by atoms with Crippen LogP contribution >= 0.6 is 0 Å². The van der Waals surface area contributed by atoms with Gasteiger partial charge in [-0.05, 0) is 30.9 Å². The summed E-state index contributed by atoms with van der Waals surface area (Å²) in [7, 11) is 0. The summed E-state index contributed by atoms with van der Waals surface area (Å²) in [5, 5.41) is 3.45. The minimum Gasteiger partial charge on any atom is -0.370 e. The molecule has 0 aliphatic heterocycles. The number of nitrogens with two attached hydrogens (primary N) is 1. The molecule has 18 heavy (non-hydrogen) atoms. The summed E-state index contributed by atoms with van der Waals surface area (Å²) >= 11 is 0. The Morgan fingerprint density at radius 3 is 2.33 bits per heavy atom. The van der Waals surface area contributed by atoms with Crippen LogP contribution in [0, 0.1) is 0 Å². The lowest BCUT2D eigenvalue weighted by Gasteiger charge is -2.22. The van der Waals surface area contributed by atoms with Gasteiger partial charge >= 0.3 is 0 Å². The van der Waals surface area contributed by atoms with E-state index in [-0.39, 0.29) is 18.0 Å². The van der Waals surface area contributed by atoms with Gasteiger partial charge in [0.2, 0.25) is 5.91 Å². The summed E-state index contributed by atoms with van der Waals surface area (Å²) in [6.07, 6.45) is 2.43. The molecular formula is C15H24N2O. The molecule has 1 aromatic rings. The molecular weight excluding hydrogens is 224 g/mol. The van der Waals surface area contributed by atoms with E-state index in [9.17, 15) is 4.79 Å². The van der Waals surface area contributed by atoms with Gasteiger partial charge in [-0.2, -0.15) is 0 Å². The normalized spacial score (nSPS) is 14.2. The predicted octanol–water partition coefficient (Wildman–Crippen LogP) is 2.55. The molecule has 0 spiro atoms. The number of rotatable bonds is 7. The minimum absolute atomic E-state index is 0.110. The standard InChI is InChI=1S/C15H24N2O/c1-4-12-6-8-13(9-7-12)14(5-2)17-11(3)10-15(16)18/h6-9,11,14,17H,4-5,10H2,1-3H3,(H2,16,18). The average Bonchev–Trinajstić information content (AvgIpc) is 2.35. The summed E-state index contributed by atoms with van der Waals surface area (Å²) in [5.74, 6) is -0.258. The smallest absolute Gasteiger partial charge is 0.218 e. The van der Waals surface area contributed by atoms with Gasteiger partial charge in [0, 0.05) is 18.5 Å². The number of amides is 1. The first-order chi connectivity index (χ1) is 8.56. The van der Waals surface area contributed by atoms with E-state index in [1.165, 1.54) is 11.1 Å². The highest BCUT2D eigenvalue weighted by Crippen LogP contribution is 2.18. The Morgan fingerprint density at radius 1 is 1.28 bits per heavy atom. The topological polar surface area (TPSA) is 55.1 Å². The maximum absolute atomic E-state index is 10.9.